The molecule has 126 valence electrons. The molecule has 0 bridgehead atoms. The predicted molar refractivity (Wildman–Crippen MR) is 84.0 cm³/mol. The summed E-state index contributed by atoms with van der Waals surface area (Å²) in [5, 5.41) is 23.8. The van der Waals surface area contributed by atoms with Gasteiger partial charge in [0.2, 0.25) is 0 Å². The van der Waals surface area contributed by atoms with Crippen LogP contribution in [0.2, 0.25) is 0 Å². The molecule has 0 aliphatic carbocycles. The van der Waals surface area contributed by atoms with E-state index < -0.39 is 23.3 Å². The number of carboxylic acids is 1. The average molecular weight is 332 g/mol. The van der Waals surface area contributed by atoms with Crippen LogP contribution in [-0.4, -0.2) is 49.7 Å². The van der Waals surface area contributed by atoms with Crippen LogP contribution in [-0.2, 0) is 4.79 Å². The average Bonchev–Trinajstić information content (AvgIpc) is 3.03. The van der Waals surface area contributed by atoms with Crippen molar-refractivity contribution < 1.29 is 19.6 Å². The molecule has 0 fully saturated rings. The Labute approximate surface area is 137 Å². The van der Waals surface area contributed by atoms with Gasteiger partial charge in [0.15, 0.2) is 5.69 Å². The van der Waals surface area contributed by atoms with E-state index in [0.717, 1.165) is 0 Å². The number of nitro groups is 1. The summed E-state index contributed by atoms with van der Waals surface area (Å²) in [6, 6.07) is 7.28. The van der Waals surface area contributed by atoms with Crippen molar-refractivity contribution >= 4 is 17.6 Å². The second-order valence-corrected chi connectivity index (χ2v) is 5.04. The van der Waals surface area contributed by atoms with Crippen molar-refractivity contribution in [2.24, 2.45) is 0 Å². The maximum Gasteiger partial charge on any atom is 0.323 e. The lowest BCUT2D eigenvalue weighted by Gasteiger charge is -2.18. The summed E-state index contributed by atoms with van der Waals surface area (Å²) < 4.78 is 1.34. The molecule has 1 aromatic carbocycles. The molecular weight excluding hydrogens is 316 g/mol. The predicted octanol–water partition coefficient (Wildman–Crippen LogP) is 1.72. The third-order valence-corrected chi connectivity index (χ3v) is 3.22. The van der Waals surface area contributed by atoms with Crippen molar-refractivity contribution in [2.75, 3.05) is 13.1 Å². The summed E-state index contributed by atoms with van der Waals surface area (Å²) in [5.74, 6) is -1.60. The van der Waals surface area contributed by atoms with Crippen LogP contribution in [0.1, 0.15) is 23.8 Å². The molecule has 24 heavy (non-hydrogen) atoms. The fourth-order valence-corrected chi connectivity index (χ4v) is 2.18. The van der Waals surface area contributed by atoms with Crippen LogP contribution in [0, 0.1) is 10.1 Å². The van der Waals surface area contributed by atoms with Crippen LogP contribution in [0.4, 0.5) is 5.69 Å². The fraction of sp³-hybridized carbons (Fsp3) is 0.267. The van der Waals surface area contributed by atoms with Gasteiger partial charge in [0.05, 0.1) is 10.6 Å². The van der Waals surface area contributed by atoms with Gasteiger partial charge in [-0.2, -0.15) is 5.10 Å². The Bertz CT molecular complexity index is 771. The van der Waals surface area contributed by atoms with Gasteiger partial charge < -0.3 is 10.0 Å². The number of nitrogens with zero attached hydrogens (tertiary/aromatic N) is 4. The van der Waals surface area contributed by atoms with Crippen molar-refractivity contribution in [1.29, 1.82) is 0 Å². The molecule has 1 aromatic heterocycles. The molecule has 1 amide bonds. The summed E-state index contributed by atoms with van der Waals surface area (Å²) in [5.41, 5.74) is 0.425. The minimum atomic E-state index is -1.10. The van der Waals surface area contributed by atoms with Crippen molar-refractivity contribution in [1.82, 2.24) is 14.7 Å². The highest BCUT2D eigenvalue weighted by Gasteiger charge is 2.20. The largest absolute Gasteiger partial charge is 0.480 e. The van der Waals surface area contributed by atoms with Crippen LogP contribution >= 0.6 is 0 Å². The third kappa shape index (κ3) is 3.94. The summed E-state index contributed by atoms with van der Waals surface area (Å²) in [7, 11) is 0. The third-order valence-electron chi connectivity index (χ3n) is 3.22. The van der Waals surface area contributed by atoms with Crippen molar-refractivity contribution in [3.05, 3.63) is 52.3 Å². The number of aliphatic carboxylic acids is 1. The van der Waals surface area contributed by atoms with Crippen LogP contribution in [0.15, 0.2) is 36.5 Å². The minimum absolute atomic E-state index is 0.0798. The number of nitro benzene ring substituents is 1. The molecule has 2 aromatic rings. The Morgan fingerprint density at radius 2 is 2.12 bits per heavy atom. The topological polar surface area (TPSA) is 119 Å². The van der Waals surface area contributed by atoms with Gasteiger partial charge in [-0.05, 0) is 18.6 Å². The van der Waals surface area contributed by atoms with E-state index in [0.29, 0.717) is 18.7 Å². The highest BCUT2D eigenvalue weighted by molar-refractivity contribution is 5.94. The first-order valence-electron chi connectivity index (χ1n) is 7.24. The summed E-state index contributed by atoms with van der Waals surface area (Å²) >= 11 is 0. The molecule has 0 spiro atoms. The number of hydrogen-bond acceptors (Lipinski definition) is 5. The van der Waals surface area contributed by atoms with E-state index >= 15 is 0 Å². The maximum atomic E-state index is 12.4. The Balaban J connectivity index is 2.26. The zero-order valence-corrected chi connectivity index (χ0v) is 13.0. The Morgan fingerprint density at radius 3 is 2.75 bits per heavy atom. The number of rotatable bonds is 7. The minimum Gasteiger partial charge on any atom is -0.480 e. The van der Waals surface area contributed by atoms with Gasteiger partial charge in [0.25, 0.3) is 11.6 Å². The number of non-ortho nitro benzene ring substituents is 1. The van der Waals surface area contributed by atoms with E-state index in [1.54, 1.807) is 6.07 Å². The van der Waals surface area contributed by atoms with Crippen molar-refractivity contribution in [2.45, 2.75) is 13.3 Å². The lowest BCUT2D eigenvalue weighted by molar-refractivity contribution is -0.384. The number of carbonyl (C=O) groups is 2. The number of carboxylic acid groups (broad SMARTS) is 1. The number of carbonyl (C=O) groups excluding carboxylic acids is 1. The van der Waals surface area contributed by atoms with Gasteiger partial charge >= 0.3 is 5.97 Å². The van der Waals surface area contributed by atoms with E-state index in [-0.39, 0.29) is 11.4 Å². The normalized spacial score (nSPS) is 10.4. The summed E-state index contributed by atoms with van der Waals surface area (Å²) in [4.78, 5) is 34.7. The van der Waals surface area contributed by atoms with E-state index in [2.05, 4.69) is 5.10 Å². The molecule has 9 heteroatoms. The number of aromatic nitrogens is 2. The summed E-state index contributed by atoms with van der Waals surface area (Å²) in [6.45, 7) is 1.73. The highest BCUT2D eigenvalue weighted by atomic mass is 16.6. The number of hydrogen-bond donors (Lipinski definition) is 1. The zero-order valence-electron chi connectivity index (χ0n) is 13.0. The molecule has 1 N–H and O–H groups in total. The lowest BCUT2D eigenvalue weighted by Crippen LogP contribution is -2.36. The van der Waals surface area contributed by atoms with Gasteiger partial charge in [0.1, 0.15) is 6.54 Å². The molecule has 9 nitrogen and oxygen atoms in total. The van der Waals surface area contributed by atoms with Crippen molar-refractivity contribution in [3.8, 4) is 5.69 Å². The molecule has 0 radical (unpaired) electrons. The molecule has 0 unspecified atom stereocenters. The molecule has 2 rings (SSSR count). The summed E-state index contributed by atoms with van der Waals surface area (Å²) in [6.07, 6.45) is 2.11. The molecule has 0 saturated heterocycles. The van der Waals surface area contributed by atoms with Crippen LogP contribution in [0.5, 0.6) is 0 Å². The molecule has 0 aliphatic heterocycles. The smallest absolute Gasteiger partial charge is 0.323 e. The number of benzene rings is 1. The maximum absolute atomic E-state index is 12.4. The Hall–Kier alpha value is -3.23. The van der Waals surface area contributed by atoms with E-state index in [4.69, 9.17) is 5.11 Å². The van der Waals surface area contributed by atoms with Crippen LogP contribution in [0.3, 0.4) is 0 Å². The lowest BCUT2D eigenvalue weighted by atomic mass is 10.3. The second-order valence-electron chi connectivity index (χ2n) is 5.04. The van der Waals surface area contributed by atoms with Crippen LogP contribution in [0.25, 0.3) is 5.69 Å². The molecule has 0 aliphatic rings. The Morgan fingerprint density at radius 1 is 1.38 bits per heavy atom. The van der Waals surface area contributed by atoms with Gasteiger partial charge in [-0.15, -0.1) is 0 Å². The fourth-order valence-electron chi connectivity index (χ4n) is 2.18. The number of amides is 1. The van der Waals surface area contributed by atoms with Gasteiger partial charge in [-0.25, -0.2) is 4.68 Å². The monoisotopic (exact) mass is 332 g/mol. The van der Waals surface area contributed by atoms with Crippen molar-refractivity contribution in [3.63, 3.8) is 0 Å². The standard InChI is InChI=1S/C15H16N4O5/c1-2-7-17(10-14(20)21)15(22)13-6-8-18(16-13)11-4-3-5-12(9-11)19(23)24/h3-6,8-9H,2,7,10H2,1H3,(H,20,21). The van der Waals surface area contributed by atoms with Gasteiger partial charge in [-0.3, -0.25) is 19.7 Å². The molecule has 0 saturated carbocycles. The molecule has 0 atom stereocenters. The van der Waals surface area contributed by atoms with E-state index in [1.165, 1.54) is 40.0 Å². The van der Waals surface area contributed by atoms with Gasteiger partial charge in [-0.1, -0.05) is 13.0 Å². The first kappa shape index (κ1) is 17.1. The highest BCUT2D eigenvalue weighted by Crippen LogP contribution is 2.16. The van der Waals surface area contributed by atoms with Gasteiger partial charge in [0, 0.05) is 24.9 Å². The quantitative estimate of drug-likeness (QED) is 0.609. The SMILES string of the molecule is CCCN(CC(=O)O)C(=O)c1ccn(-c2cccc([N+](=O)[O-])c2)n1. The Kier molecular flexibility index (Phi) is 5.25. The van der Waals surface area contributed by atoms with E-state index in [9.17, 15) is 19.7 Å². The zero-order chi connectivity index (χ0) is 17.7. The first-order valence-corrected chi connectivity index (χ1v) is 7.24. The first-order chi connectivity index (χ1) is 11.4. The van der Waals surface area contributed by atoms with E-state index in [1.807, 2.05) is 6.92 Å². The molecule has 1 heterocycles. The van der Waals surface area contributed by atoms with Crippen LogP contribution < -0.4 is 0 Å². The second kappa shape index (κ2) is 7.36. The molecular formula is C15H16N4O5.